The summed E-state index contributed by atoms with van der Waals surface area (Å²) < 4.78 is 22.1. The lowest BCUT2D eigenvalue weighted by molar-refractivity contribution is 0.340. The number of benzene rings is 2. The Balaban J connectivity index is 1.71. The summed E-state index contributed by atoms with van der Waals surface area (Å²) in [7, 11) is 0. The highest BCUT2D eigenvalue weighted by molar-refractivity contribution is 5.70. The summed E-state index contributed by atoms with van der Waals surface area (Å²) in [6.07, 6.45) is 1.38. The molecule has 27 heavy (non-hydrogen) atoms. The van der Waals surface area contributed by atoms with E-state index in [9.17, 15) is 9.18 Å². The van der Waals surface area contributed by atoms with Crippen LogP contribution in [0.2, 0.25) is 0 Å². The van der Waals surface area contributed by atoms with Gasteiger partial charge in [-0.05, 0) is 37.3 Å². The van der Waals surface area contributed by atoms with Gasteiger partial charge < -0.3 is 4.74 Å². The Morgan fingerprint density at radius 2 is 1.89 bits per heavy atom. The van der Waals surface area contributed by atoms with Crippen LogP contribution >= 0.6 is 0 Å². The van der Waals surface area contributed by atoms with E-state index in [0.29, 0.717) is 23.5 Å². The molecular formula is C19H16FN5O2. The maximum atomic E-state index is 13.9. The second-order valence-corrected chi connectivity index (χ2v) is 5.87. The Morgan fingerprint density at radius 1 is 1.11 bits per heavy atom. The minimum absolute atomic E-state index is 0.0738. The summed E-state index contributed by atoms with van der Waals surface area (Å²) in [6.45, 7) is 2.56. The van der Waals surface area contributed by atoms with E-state index in [1.807, 2.05) is 31.2 Å². The van der Waals surface area contributed by atoms with Gasteiger partial charge in [-0.25, -0.2) is 9.37 Å². The van der Waals surface area contributed by atoms with E-state index >= 15 is 0 Å². The first kappa shape index (κ1) is 16.9. The van der Waals surface area contributed by atoms with Crippen molar-refractivity contribution in [1.82, 2.24) is 24.5 Å². The van der Waals surface area contributed by atoms with Crippen molar-refractivity contribution in [3.63, 3.8) is 0 Å². The second kappa shape index (κ2) is 6.99. The summed E-state index contributed by atoms with van der Waals surface area (Å²) in [5, 5.41) is 8.01. The highest BCUT2D eigenvalue weighted by atomic mass is 19.1. The minimum Gasteiger partial charge on any atom is -0.494 e. The van der Waals surface area contributed by atoms with Gasteiger partial charge in [-0.15, -0.1) is 5.10 Å². The normalized spacial score (nSPS) is 11.0. The molecule has 7 nitrogen and oxygen atoms in total. The predicted molar refractivity (Wildman–Crippen MR) is 97.6 cm³/mol. The molecule has 4 rings (SSSR count). The molecule has 136 valence electrons. The molecule has 0 aliphatic carbocycles. The first-order valence-corrected chi connectivity index (χ1v) is 8.45. The molecule has 0 saturated heterocycles. The van der Waals surface area contributed by atoms with Gasteiger partial charge >= 0.3 is 0 Å². The SMILES string of the molecule is CCOc1ccc(-n2nnc3c(=O)n(Cc4ccccc4F)cnc32)cc1. The van der Waals surface area contributed by atoms with Crippen molar-refractivity contribution in [2.45, 2.75) is 13.5 Å². The number of ether oxygens (including phenoxy) is 1. The van der Waals surface area contributed by atoms with E-state index in [2.05, 4.69) is 15.3 Å². The quantitative estimate of drug-likeness (QED) is 0.543. The van der Waals surface area contributed by atoms with E-state index in [4.69, 9.17) is 4.74 Å². The lowest BCUT2D eigenvalue weighted by atomic mass is 10.2. The van der Waals surface area contributed by atoms with E-state index in [0.717, 1.165) is 5.75 Å². The van der Waals surface area contributed by atoms with Gasteiger partial charge in [-0.2, -0.15) is 4.68 Å². The Bertz CT molecular complexity index is 1150. The summed E-state index contributed by atoms with van der Waals surface area (Å²) >= 11 is 0. The lowest BCUT2D eigenvalue weighted by Crippen LogP contribution is -2.22. The fourth-order valence-corrected chi connectivity index (χ4v) is 2.79. The molecule has 8 heteroatoms. The number of hydrogen-bond acceptors (Lipinski definition) is 5. The molecule has 2 aromatic heterocycles. The molecule has 4 aromatic rings. The van der Waals surface area contributed by atoms with Crippen molar-refractivity contribution in [3.8, 4) is 11.4 Å². The summed E-state index contributed by atoms with van der Waals surface area (Å²) in [5.74, 6) is 0.369. The van der Waals surface area contributed by atoms with Crippen LogP contribution in [0.4, 0.5) is 4.39 Å². The van der Waals surface area contributed by atoms with Crippen LogP contribution in [0.15, 0.2) is 59.7 Å². The lowest BCUT2D eigenvalue weighted by Gasteiger charge is -2.07. The molecule has 0 aliphatic heterocycles. The van der Waals surface area contributed by atoms with Crippen LogP contribution in [-0.4, -0.2) is 31.2 Å². The van der Waals surface area contributed by atoms with Crippen LogP contribution in [0.3, 0.4) is 0 Å². The number of halogens is 1. The number of fused-ring (bicyclic) bond motifs is 1. The molecular weight excluding hydrogens is 349 g/mol. The molecule has 0 saturated carbocycles. The zero-order valence-electron chi connectivity index (χ0n) is 14.5. The number of nitrogens with zero attached hydrogens (tertiary/aromatic N) is 5. The van der Waals surface area contributed by atoms with Gasteiger partial charge in [0.15, 0.2) is 11.2 Å². The van der Waals surface area contributed by atoms with Gasteiger partial charge in [-0.3, -0.25) is 9.36 Å². The van der Waals surface area contributed by atoms with Crippen LogP contribution in [0.1, 0.15) is 12.5 Å². The molecule has 0 fully saturated rings. The molecule has 0 aliphatic rings. The fraction of sp³-hybridized carbons (Fsp3) is 0.158. The van der Waals surface area contributed by atoms with Crippen molar-refractivity contribution in [3.05, 3.63) is 76.6 Å². The zero-order valence-corrected chi connectivity index (χ0v) is 14.5. The Labute approximate surface area is 153 Å². The smallest absolute Gasteiger partial charge is 0.283 e. The molecule has 0 bridgehead atoms. The third kappa shape index (κ3) is 3.17. The monoisotopic (exact) mass is 365 g/mol. The number of rotatable bonds is 5. The number of hydrogen-bond donors (Lipinski definition) is 0. The topological polar surface area (TPSA) is 74.8 Å². The summed E-state index contributed by atoms with van der Waals surface area (Å²) in [5.41, 5.74) is 1.21. The Hall–Kier alpha value is -3.55. The Morgan fingerprint density at radius 3 is 2.63 bits per heavy atom. The summed E-state index contributed by atoms with van der Waals surface area (Å²) in [6, 6.07) is 13.6. The van der Waals surface area contributed by atoms with Gasteiger partial charge in [0.25, 0.3) is 5.56 Å². The van der Waals surface area contributed by atoms with Gasteiger partial charge in [-0.1, -0.05) is 23.4 Å². The average molecular weight is 365 g/mol. The highest BCUT2D eigenvalue weighted by Gasteiger charge is 2.14. The van der Waals surface area contributed by atoms with Crippen LogP contribution < -0.4 is 10.3 Å². The molecule has 0 radical (unpaired) electrons. The first-order chi connectivity index (χ1) is 13.2. The van der Waals surface area contributed by atoms with Crippen molar-refractivity contribution in [1.29, 1.82) is 0 Å². The highest BCUT2D eigenvalue weighted by Crippen LogP contribution is 2.17. The van der Waals surface area contributed by atoms with E-state index in [-0.39, 0.29) is 23.4 Å². The molecule has 0 N–H and O–H groups in total. The standard InChI is InChI=1S/C19H16FN5O2/c1-2-27-15-9-7-14(8-10-15)25-18-17(22-23-25)19(26)24(12-21-18)11-13-5-3-4-6-16(13)20/h3-10,12H,2,11H2,1H3. The van der Waals surface area contributed by atoms with Crippen molar-refractivity contribution in [2.75, 3.05) is 6.61 Å². The zero-order chi connectivity index (χ0) is 18.8. The third-order valence-corrected chi connectivity index (χ3v) is 4.12. The maximum Gasteiger partial charge on any atom is 0.283 e. The molecule has 0 unspecified atom stereocenters. The molecule has 0 amide bonds. The third-order valence-electron chi connectivity index (χ3n) is 4.12. The van der Waals surface area contributed by atoms with Crippen LogP contribution in [-0.2, 0) is 6.54 Å². The van der Waals surface area contributed by atoms with Gasteiger partial charge in [0, 0.05) is 5.56 Å². The van der Waals surface area contributed by atoms with Crippen LogP contribution in [0.25, 0.3) is 16.9 Å². The van der Waals surface area contributed by atoms with Crippen molar-refractivity contribution in [2.24, 2.45) is 0 Å². The van der Waals surface area contributed by atoms with E-state index in [1.54, 1.807) is 18.2 Å². The average Bonchev–Trinajstić information content (AvgIpc) is 3.11. The number of aromatic nitrogens is 5. The van der Waals surface area contributed by atoms with Gasteiger partial charge in [0.05, 0.1) is 18.8 Å². The maximum absolute atomic E-state index is 13.9. The van der Waals surface area contributed by atoms with Crippen LogP contribution in [0, 0.1) is 5.82 Å². The summed E-state index contributed by atoms with van der Waals surface area (Å²) in [4.78, 5) is 17.0. The van der Waals surface area contributed by atoms with Crippen molar-refractivity contribution >= 4 is 11.2 Å². The van der Waals surface area contributed by atoms with Crippen LogP contribution in [0.5, 0.6) is 5.75 Å². The van der Waals surface area contributed by atoms with Crippen molar-refractivity contribution < 1.29 is 9.13 Å². The molecule has 2 heterocycles. The van der Waals surface area contributed by atoms with E-state index in [1.165, 1.54) is 21.6 Å². The largest absolute Gasteiger partial charge is 0.494 e. The first-order valence-electron chi connectivity index (χ1n) is 8.45. The molecule has 2 aromatic carbocycles. The predicted octanol–water partition coefficient (Wildman–Crippen LogP) is 2.56. The van der Waals surface area contributed by atoms with Gasteiger partial charge in [0.2, 0.25) is 0 Å². The Kier molecular flexibility index (Phi) is 4.37. The van der Waals surface area contributed by atoms with E-state index < -0.39 is 0 Å². The fourth-order valence-electron chi connectivity index (χ4n) is 2.79. The molecule has 0 atom stereocenters. The second-order valence-electron chi connectivity index (χ2n) is 5.87. The minimum atomic E-state index is -0.375. The van der Waals surface area contributed by atoms with Gasteiger partial charge in [0.1, 0.15) is 17.9 Å². The molecule has 0 spiro atoms.